The first-order valence-corrected chi connectivity index (χ1v) is 13.8. The molecule has 10 heteroatoms. The molecule has 0 radical (unpaired) electrons. The van der Waals surface area contributed by atoms with Crippen molar-refractivity contribution in [2.24, 2.45) is 5.73 Å². The van der Waals surface area contributed by atoms with Gasteiger partial charge in [0.2, 0.25) is 5.95 Å². The van der Waals surface area contributed by atoms with Crippen LogP contribution < -0.4 is 16.2 Å². The van der Waals surface area contributed by atoms with Crippen LogP contribution in [0.5, 0.6) is 0 Å². The molecule has 9 nitrogen and oxygen atoms in total. The minimum atomic E-state index is -0.879. The van der Waals surface area contributed by atoms with Gasteiger partial charge in [-0.1, -0.05) is 42.5 Å². The molecule has 0 aliphatic carbocycles. The van der Waals surface area contributed by atoms with Gasteiger partial charge in [0, 0.05) is 19.1 Å². The minimum absolute atomic E-state index is 0.0501. The molecule has 4 heterocycles. The number of benzene rings is 2. The Bertz CT molecular complexity index is 1720. The molecule has 5 aromatic rings. The lowest BCUT2D eigenvalue weighted by Gasteiger charge is -2.33. The highest BCUT2D eigenvalue weighted by Gasteiger charge is 2.24. The molecule has 0 amide bonds. The Morgan fingerprint density at radius 2 is 1.93 bits per heavy atom. The molecule has 3 aromatic heterocycles. The highest BCUT2D eigenvalue weighted by atomic mass is 32.1. The van der Waals surface area contributed by atoms with Crippen molar-refractivity contribution in [1.29, 1.82) is 5.26 Å². The van der Waals surface area contributed by atoms with Crippen molar-refractivity contribution in [2.45, 2.75) is 25.4 Å². The summed E-state index contributed by atoms with van der Waals surface area (Å²) >= 11 is 1.61. The molecule has 40 heavy (non-hydrogen) atoms. The maximum Gasteiger partial charge on any atom is 0.335 e. The molecule has 1 aliphatic rings. The molecular weight excluding hydrogens is 524 g/mol. The van der Waals surface area contributed by atoms with Crippen molar-refractivity contribution in [1.82, 2.24) is 14.5 Å². The molecular formula is C30H28N6O3S. The molecule has 1 saturated heterocycles. The van der Waals surface area contributed by atoms with Crippen molar-refractivity contribution in [3.8, 4) is 16.6 Å². The average Bonchev–Trinajstić information content (AvgIpc) is 3.66. The molecule has 2 aromatic carbocycles. The summed E-state index contributed by atoms with van der Waals surface area (Å²) in [7, 11) is 0. The summed E-state index contributed by atoms with van der Waals surface area (Å²) < 4.78 is 1.67. The Hall–Kier alpha value is -4.72. The number of anilines is 1. The number of carbonyl (C=O) groups is 1. The number of aromatic carboxylic acids is 1. The van der Waals surface area contributed by atoms with E-state index in [1.165, 1.54) is 0 Å². The lowest BCUT2D eigenvalue weighted by atomic mass is 10.1. The van der Waals surface area contributed by atoms with E-state index in [1.54, 1.807) is 52.3 Å². The lowest BCUT2D eigenvalue weighted by Crippen LogP contribution is -2.45. The van der Waals surface area contributed by atoms with E-state index in [9.17, 15) is 14.9 Å². The van der Waals surface area contributed by atoms with Gasteiger partial charge in [0.25, 0.3) is 5.56 Å². The van der Waals surface area contributed by atoms with Crippen LogP contribution in [0.4, 0.5) is 5.95 Å². The third-order valence-electron chi connectivity index (χ3n) is 6.73. The molecule has 0 unspecified atom stereocenters. The van der Waals surface area contributed by atoms with Crippen molar-refractivity contribution >= 4 is 34.3 Å². The Morgan fingerprint density at radius 1 is 1.15 bits per heavy atom. The number of piperidine rings is 1. The molecule has 1 aliphatic heterocycles. The zero-order chi connectivity index (χ0) is 28.1. The van der Waals surface area contributed by atoms with E-state index >= 15 is 0 Å². The first kappa shape index (κ1) is 26.9. The first-order valence-electron chi connectivity index (χ1n) is 12.9. The summed E-state index contributed by atoms with van der Waals surface area (Å²) in [6, 6.07) is 23.9. The summed E-state index contributed by atoms with van der Waals surface area (Å²) in [5.74, 6) is -0.271. The van der Waals surface area contributed by atoms with E-state index < -0.39 is 5.97 Å². The van der Waals surface area contributed by atoms with Crippen LogP contribution in [0.1, 0.15) is 34.3 Å². The highest BCUT2D eigenvalue weighted by molar-refractivity contribution is 7.13. The normalized spacial score (nSPS) is 14.8. The SMILES string of the molecule is N#Cc1ccccc1Cn1c(N2CCC[C@@H](N)C2)nc2cc(-c3cccs3)[nH]c2c1=O.O=C(O)c1ccccc1. The van der Waals surface area contributed by atoms with Crippen LogP contribution in [0.2, 0.25) is 0 Å². The number of nitrogens with one attached hydrogen (secondary N) is 1. The predicted octanol–water partition coefficient (Wildman–Crippen LogP) is 4.69. The second kappa shape index (κ2) is 12.0. The van der Waals surface area contributed by atoms with Crippen LogP contribution >= 0.6 is 11.3 Å². The second-order valence-corrected chi connectivity index (χ2v) is 10.5. The van der Waals surface area contributed by atoms with Crippen LogP contribution in [0.15, 0.2) is 83.0 Å². The van der Waals surface area contributed by atoms with Crippen molar-refractivity contribution in [3.63, 3.8) is 0 Å². The van der Waals surface area contributed by atoms with Gasteiger partial charge < -0.3 is 20.7 Å². The third-order valence-corrected chi connectivity index (χ3v) is 7.64. The zero-order valence-corrected chi connectivity index (χ0v) is 22.5. The number of fused-ring (bicyclic) bond motifs is 1. The molecule has 202 valence electrons. The average molecular weight is 553 g/mol. The number of nitrogens with zero attached hydrogens (tertiary/aromatic N) is 4. The number of hydrogen-bond acceptors (Lipinski definition) is 7. The van der Waals surface area contributed by atoms with Gasteiger partial charge in [0.05, 0.1) is 39.8 Å². The van der Waals surface area contributed by atoms with Gasteiger partial charge in [0.15, 0.2) is 0 Å². The zero-order valence-electron chi connectivity index (χ0n) is 21.7. The smallest absolute Gasteiger partial charge is 0.335 e. The van der Waals surface area contributed by atoms with Crippen LogP contribution in [0.25, 0.3) is 21.6 Å². The Kier molecular flexibility index (Phi) is 8.05. The maximum atomic E-state index is 13.6. The fourth-order valence-corrected chi connectivity index (χ4v) is 5.44. The Labute approximate surface area is 234 Å². The number of H-pyrrole nitrogens is 1. The molecule has 1 atom stereocenters. The van der Waals surface area contributed by atoms with E-state index in [2.05, 4.69) is 16.0 Å². The Morgan fingerprint density at radius 3 is 2.60 bits per heavy atom. The first-order chi connectivity index (χ1) is 19.4. The van der Waals surface area contributed by atoms with Gasteiger partial charge in [-0.05, 0) is 54.1 Å². The number of carboxylic acid groups (broad SMARTS) is 1. The van der Waals surface area contributed by atoms with Gasteiger partial charge in [-0.3, -0.25) is 9.36 Å². The number of aromatic amines is 1. The Balaban J connectivity index is 0.000000306. The molecule has 0 bridgehead atoms. The largest absolute Gasteiger partial charge is 0.478 e. The fraction of sp³-hybridized carbons (Fsp3) is 0.200. The van der Waals surface area contributed by atoms with Crippen molar-refractivity contribution in [3.05, 3.63) is 105 Å². The maximum absolute atomic E-state index is 13.6. The van der Waals surface area contributed by atoms with Crippen molar-refractivity contribution in [2.75, 3.05) is 18.0 Å². The number of thiophene rings is 1. The van der Waals surface area contributed by atoms with Crippen LogP contribution in [0.3, 0.4) is 0 Å². The number of rotatable bonds is 5. The minimum Gasteiger partial charge on any atom is -0.478 e. The van der Waals surface area contributed by atoms with Gasteiger partial charge >= 0.3 is 5.97 Å². The predicted molar refractivity (Wildman–Crippen MR) is 157 cm³/mol. The number of nitriles is 1. The van der Waals surface area contributed by atoms with E-state index in [0.29, 0.717) is 34.7 Å². The summed E-state index contributed by atoms with van der Waals surface area (Å²) in [5, 5.41) is 19.9. The van der Waals surface area contributed by atoms with Crippen molar-refractivity contribution < 1.29 is 9.90 Å². The van der Waals surface area contributed by atoms with Gasteiger partial charge in [0.1, 0.15) is 5.52 Å². The van der Waals surface area contributed by atoms with Gasteiger partial charge in [-0.25, -0.2) is 9.78 Å². The van der Waals surface area contributed by atoms with Crippen LogP contribution in [-0.4, -0.2) is 44.7 Å². The van der Waals surface area contributed by atoms with Gasteiger partial charge in [-0.2, -0.15) is 5.26 Å². The van der Waals surface area contributed by atoms with E-state index in [1.807, 2.05) is 41.8 Å². The number of hydrogen-bond donors (Lipinski definition) is 3. The summed E-state index contributed by atoms with van der Waals surface area (Å²) in [6.45, 7) is 1.73. The third kappa shape index (κ3) is 5.81. The quantitative estimate of drug-likeness (QED) is 0.287. The lowest BCUT2D eigenvalue weighted by molar-refractivity contribution is 0.0697. The molecule has 6 rings (SSSR count). The topological polar surface area (TPSA) is 141 Å². The molecule has 0 saturated carbocycles. The number of nitrogens with two attached hydrogens (primary N) is 1. The summed E-state index contributed by atoms with van der Waals surface area (Å²) in [4.78, 5) is 35.1. The second-order valence-electron chi connectivity index (χ2n) is 9.51. The highest BCUT2D eigenvalue weighted by Crippen LogP contribution is 2.28. The van der Waals surface area contributed by atoms with E-state index in [0.717, 1.165) is 35.5 Å². The summed E-state index contributed by atoms with van der Waals surface area (Å²) in [6.07, 6.45) is 1.92. The fourth-order valence-electron chi connectivity index (χ4n) is 4.75. The van der Waals surface area contributed by atoms with Gasteiger partial charge in [-0.15, -0.1) is 11.3 Å². The molecule has 0 spiro atoms. The number of carboxylic acids is 1. The van der Waals surface area contributed by atoms with E-state index in [-0.39, 0.29) is 18.1 Å². The van der Waals surface area contributed by atoms with Crippen LogP contribution in [-0.2, 0) is 6.54 Å². The van der Waals surface area contributed by atoms with Crippen LogP contribution in [0, 0.1) is 11.3 Å². The monoisotopic (exact) mass is 552 g/mol. The number of aromatic nitrogens is 3. The summed E-state index contributed by atoms with van der Waals surface area (Å²) in [5.41, 5.74) is 9.76. The van der Waals surface area contributed by atoms with E-state index in [4.69, 9.17) is 15.8 Å². The molecule has 1 fully saturated rings. The standard InChI is InChI=1S/C23H22N6OS.C7H6O2/c24-12-15-5-1-2-6-16(15)13-29-22(30)21-19(11-18(26-21)20-8-4-10-31-20)27-23(29)28-9-3-7-17(25)14-28;8-7(9)6-4-2-1-3-5-6/h1-2,4-6,8,10-11,17,26H,3,7,9,13-14,25H2;1-5H,(H,8,9)/t17-;/m1./s1. The molecule has 4 N–H and O–H groups in total.